The van der Waals surface area contributed by atoms with Gasteiger partial charge in [-0.3, -0.25) is 20.2 Å². The summed E-state index contributed by atoms with van der Waals surface area (Å²) >= 11 is 0. The SMILES string of the molecule is COc1ccc(-n2cccc2C=C2C(=O)NC(=O)NC2=O)cc1. The zero-order valence-electron chi connectivity index (χ0n) is 12.2. The number of ether oxygens (including phenoxy) is 1. The minimum atomic E-state index is -0.817. The maximum Gasteiger partial charge on any atom is 0.328 e. The van der Waals surface area contributed by atoms with Crippen LogP contribution in [0.25, 0.3) is 11.8 Å². The molecule has 2 heterocycles. The van der Waals surface area contributed by atoms with Crippen molar-refractivity contribution in [3.05, 3.63) is 53.9 Å². The molecular formula is C16H13N3O4. The van der Waals surface area contributed by atoms with Crippen LogP contribution in [0.1, 0.15) is 5.69 Å². The largest absolute Gasteiger partial charge is 0.497 e. The molecule has 7 heteroatoms. The molecule has 1 saturated heterocycles. The Morgan fingerprint density at radius 3 is 2.26 bits per heavy atom. The minimum Gasteiger partial charge on any atom is -0.497 e. The average molecular weight is 311 g/mol. The van der Waals surface area contributed by atoms with Crippen LogP contribution in [0.15, 0.2) is 48.2 Å². The van der Waals surface area contributed by atoms with Crippen LogP contribution in [-0.2, 0) is 9.59 Å². The molecule has 4 amide bonds. The van der Waals surface area contributed by atoms with Gasteiger partial charge in [0.25, 0.3) is 11.8 Å². The lowest BCUT2D eigenvalue weighted by Crippen LogP contribution is -2.51. The molecule has 0 spiro atoms. The summed E-state index contributed by atoms with van der Waals surface area (Å²) in [4.78, 5) is 34.6. The quantitative estimate of drug-likeness (QED) is 0.659. The molecule has 2 N–H and O–H groups in total. The molecule has 1 aromatic heterocycles. The zero-order chi connectivity index (χ0) is 16.4. The molecule has 1 aliphatic heterocycles. The van der Waals surface area contributed by atoms with E-state index in [1.807, 2.05) is 39.5 Å². The van der Waals surface area contributed by atoms with Crippen molar-refractivity contribution in [2.45, 2.75) is 0 Å². The lowest BCUT2D eigenvalue weighted by molar-refractivity contribution is -0.123. The maximum atomic E-state index is 11.8. The van der Waals surface area contributed by atoms with Crippen LogP contribution in [0, 0.1) is 0 Å². The highest BCUT2D eigenvalue weighted by atomic mass is 16.5. The van der Waals surface area contributed by atoms with Gasteiger partial charge in [-0.05, 0) is 42.5 Å². The summed E-state index contributed by atoms with van der Waals surface area (Å²) in [5, 5.41) is 4.09. The highest BCUT2D eigenvalue weighted by Gasteiger charge is 2.27. The number of carbonyl (C=O) groups excluding carboxylic acids is 3. The van der Waals surface area contributed by atoms with E-state index in [9.17, 15) is 14.4 Å². The fourth-order valence-electron chi connectivity index (χ4n) is 2.24. The Hall–Kier alpha value is -3.35. The molecule has 1 aliphatic rings. The van der Waals surface area contributed by atoms with E-state index in [-0.39, 0.29) is 5.57 Å². The Labute approximate surface area is 131 Å². The van der Waals surface area contributed by atoms with E-state index in [4.69, 9.17) is 4.74 Å². The maximum absolute atomic E-state index is 11.8. The summed E-state index contributed by atoms with van der Waals surface area (Å²) in [6.07, 6.45) is 3.24. The average Bonchev–Trinajstić information content (AvgIpc) is 2.99. The van der Waals surface area contributed by atoms with Gasteiger partial charge in [-0.15, -0.1) is 0 Å². The van der Waals surface area contributed by atoms with E-state index >= 15 is 0 Å². The third kappa shape index (κ3) is 2.84. The smallest absolute Gasteiger partial charge is 0.328 e. The molecule has 1 fully saturated rings. The number of benzene rings is 1. The number of nitrogens with one attached hydrogen (secondary N) is 2. The molecule has 0 unspecified atom stereocenters. The van der Waals surface area contributed by atoms with Gasteiger partial charge < -0.3 is 9.30 Å². The van der Waals surface area contributed by atoms with Gasteiger partial charge in [-0.25, -0.2) is 4.79 Å². The number of barbiturate groups is 1. The van der Waals surface area contributed by atoms with E-state index in [0.717, 1.165) is 11.4 Å². The number of methoxy groups -OCH3 is 1. The summed E-state index contributed by atoms with van der Waals surface area (Å²) in [5.41, 5.74) is 1.35. The van der Waals surface area contributed by atoms with Crippen LogP contribution in [0.4, 0.5) is 4.79 Å². The second-order valence-electron chi connectivity index (χ2n) is 4.80. The van der Waals surface area contributed by atoms with Crippen molar-refractivity contribution in [3.63, 3.8) is 0 Å². The standard InChI is InChI=1S/C16H13N3O4/c1-23-12-6-4-10(5-7-12)19-8-2-3-11(19)9-13-14(20)17-16(22)18-15(13)21/h2-9H,1H3,(H2,17,18,20,21,22). The van der Waals surface area contributed by atoms with Crippen LogP contribution >= 0.6 is 0 Å². The first-order valence-corrected chi connectivity index (χ1v) is 6.78. The molecule has 0 radical (unpaired) electrons. The first kappa shape index (κ1) is 14.6. The van der Waals surface area contributed by atoms with Gasteiger partial charge in [-0.2, -0.15) is 0 Å². The Kier molecular flexibility index (Phi) is 3.68. The van der Waals surface area contributed by atoms with Gasteiger partial charge in [0.05, 0.1) is 7.11 Å². The number of amides is 4. The monoisotopic (exact) mass is 311 g/mol. The van der Waals surface area contributed by atoms with Crippen molar-refractivity contribution in [2.24, 2.45) is 0 Å². The van der Waals surface area contributed by atoms with E-state index in [0.29, 0.717) is 5.69 Å². The summed E-state index contributed by atoms with van der Waals surface area (Å²) in [5.74, 6) is -0.715. The van der Waals surface area contributed by atoms with Crippen molar-refractivity contribution in [2.75, 3.05) is 7.11 Å². The second kappa shape index (κ2) is 5.80. The Morgan fingerprint density at radius 1 is 1.00 bits per heavy atom. The second-order valence-corrected chi connectivity index (χ2v) is 4.80. The van der Waals surface area contributed by atoms with Crippen LogP contribution in [0.3, 0.4) is 0 Å². The summed E-state index contributed by atoms with van der Waals surface area (Å²) in [6.45, 7) is 0. The minimum absolute atomic E-state index is 0.127. The van der Waals surface area contributed by atoms with E-state index < -0.39 is 17.8 Å². The molecular weight excluding hydrogens is 298 g/mol. The number of imide groups is 2. The molecule has 7 nitrogen and oxygen atoms in total. The van der Waals surface area contributed by atoms with Crippen LogP contribution in [-0.4, -0.2) is 29.5 Å². The van der Waals surface area contributed by atoms with Crippen molar-refractivity contribution in [1.29, 1.82) is 0 Å². The number of rotatable bonds is 3. The molecule has 2 aromatic rings. The van der Waals surface area contributed by atoms with Gasteiger partial charge in [0, 0.05) is 17.6 Å². The molecule has 0 aliphatic carbocycles. The molecule has 0 atom stereocenters. The van der Waals surface area contributed by atoms with Gasteiger partial charge in [0.15, 0.2) is 0 Å². The predicted octanol–water partition coefficient (Wildman–Crippen LogP) is 1.24. The first-order chi connectivity index (χ1) is 11.1. The normalized spacial score (nSPS) is 14.3. The van der Waals surface area contributed by atoms with Crippen LogP contribution < -0.4 is 15.4 Å². The fourth-order valence-corrected chi connectivity index (χ4v) is 2.24. The highest BCUT2D eigenvalue weighted by Crippen LogP contribution is 2.19. The van der Waals surface area contributed by atoms with E-state index in [1.165, 1.54) is 6.08 Å². The van der Waals surface area contributed by atoms with Crippen LogP contribution in [0.2, 0.25) is 0 Å². The summed E-state index contributed by atoms with van der Waals surface area (Å²) in [6, 6.07) is 10.1. The Balaban J connectivity index is 1.97. The van der Waals surface area contributed by atoms with Crippen molar-refractivity contribution < 1.29 is 19.1 Å². The Bertz CT molecular complexity index is 796. The van der Waals surface area contributed by atoms with Crippen LogP contribution in [0.5, 0.6) is 5.75 Å². The molecule has 0 bridgehead atoms. The zero-order valence-corrected chi connectivity index (χ0v) is 12.2. The predicted molar refractivity (Wildman–Crippen MR) is 82.0 cm³/mol. The summed E-state index contributed by atoms with van der Waals surface area (Å²) < 4.78 is 6.93. The third-order valence-corrected chi connectivity index (χ3v) is 3.37. The lowest BCUT2D eigenvalue weighted by atomic mass is 10.1. The van der Waals surface area contributed by atoms with Crippen molar-refractivity contribution >= 4 is 23.9 Å². The van der Waals surface area contributed by atoms with E-state index in [1.54, 1.807) is 25.4 Å². The fraction of sp³-hybridized carbons (Fsp3) is 0.0625. The van der Waals surface area contributed by atoms with E-state index in [2.05, 4.69) is 0 Å². The summed E-state index contributed by atoms with van der Waals surface area (Å²) in [7, 11) is 1.59. The highest BCUT2D eigenvalue weighted by molar-refractivity contribution is 6.31. The van der Waals surface area contributed by atoms with Gasteiger partial charge in [0.2, 0.25) is 0 Å². The number of carbonyl (C=O) groups is 3. The van der Waals surface area contributed by atoms with Gasteiger partial charge in [0.1, 0.15) is 11.3 Å². The number of aromatic nitrogens is 1. The molecule has 1 aromatic carbocycles. The molecule has 116 valence electrons. The topological polar surface area (TPSA) is 89.4 Å². The molecule has 23 heavy (non-hydrogen) atoms. The lowest BCUT2D eigenvalue weighted by Gasteiger charge is -2.14. The van der Waals surface area contributed by atoms with Crippen molar-refractivity contribution in [1.82, 2.24) is 15.2 Å². The number of hydrogen-bond donors (Lipinski definition) is 2. The third-order valence-electron chi connectivity index (χ3n) is 3.37. The first-order valence-electron chi connectivity index (χ1n) is 6.78. The molecule has 0 saturated carbocycles. The number of hydrogen-bond acceptors (Lipinski definition) is 4. The molecule has 3 rings (SSSR count). The van der Waals surface area contributed by atoms with Gasteiger partial charge in [-0.1, -0.05) is 0 Å². The van der Waals surface area contributed by atoms with Crippen molar-refractivity contribution in [3.8, 4) is 11.4 Å². The number of urea groups is 1. The van der Waals surface area contributed by atoms with Gasteiger partial charge >= 0.3 is 6.03 Å². The Morgan fingerprint density at radius 2 is 1.65 bits per heavy atom. The number of nitrogens with zero attached hydrogens (tertiary/aromatic N) is 1.